The minimum Gasteiger partial charge on any atom is -0.396 e. The highest BCUT2D eigenvalue weighted by Gasteiger charge is 2.30. The summed E-state index contributed by atoms with van der Waals surface area (Å²) in [7, 11) is -3.51. The van der Waals surface area contributed by atoms with Crippen LogP contribution in [0.2, 0.25) is 0 Å². The summed E-state index contributed by atoms with van der Waals surface area (Å²) in [5.41, 5.74) is 1.11. The SMILES string of the molecule is CC(C)(C)c1ccc(S(=O)(=O)NC2CCCC2CO)cc1. The maximum Gasteiger partial charge on any atom is 0.240 e. The van der Waals surface area contributed by atoms with E-state index < -0.39 is 10.0 Å². The molecule has 1 saturated carbocycles. The number of hydrogen-bond acceptors (Lipinski definition) is 3. The van der Waals surface area contributed by atoms with E-state index in [1.54, 1.807) is 12.1 Å². The van der Waals surface area contributed by atoms with Crippen LogP contribution in [0.25, 0.3) is 0 Å². The van der Waals surface area contributed by atoms with Gasteiger partial charge in [0.2, 0.25) is 10.0 Å². The molecule has 2 rings (SSSR count). The second kappa shape index (κ2) is 6.07. The van der Waals surface area contributed by atoms with E-state index >= 15 is 0 Å². The van der Waals surface area contributed by atoms with Crippen molar-refractivity contribution in [1.82, 2.24) is 4.72 Å². The number of rotatable bonds is 4. The lowest BCUT2D eigenvalue weighted by Crippen LogP contribution is -2.38. The second-order valence-corrected chi connectivity index (χ2v) is 8.59. The normalized spacial score (nSPS) is 23.4. The van der Waals surface area contributed by atoms with Crippen LogP contribution in [0.5, 0.6) is 0 Å². The number of nitrogens with one attached hydrogen (secondary N) is 1. The van der Waals surface area contributed by atoms with Gasteiger partial charge in [0.25, 0.3) is 0 Å². The molecule has 1 aromatic rings. The fraction of sp³-hybridized carbons (Fsp3) is 0.625. The molecular formula is C16H25NO3S. The lowest BCUT2D eigenvalue weighted by Gasteiger charge is -2.21. The largest absolute Gasteiger partial charge is 0.396 e. The molecule has 0 aliphatic heterocycles. The van der Waals surface area contributed by atoms with Crippen LogP contribution < -0.4 is 4.72 Å². The van der Waals surface area contributed by atoms with Crippen LogP contribution in [0.15, 0.2) is 29.2 Å². The van der Waals surface area contributed by atoms with Crippen LogP contribution in [0.1, 0.15) is 45.6 Å². The number of aliphatic hydroxyl groups is 1. The summed E-state index contributed by atoms with van der Waals surface area (Å²) in [6.45, 7) is 6.33. The molecule has 1 fully saturated rings. The maximum absolute atomic E-state index is 12.4. The van der Waals surface area contributed by atoms with E-state index in [0.29, 0.717) is 4.90 Å². The fourth-order valence-corrected chi connectivity index (χ4v) is 4.15. The van der Waals surface area contributed by atoms with Crippen molar-refractivity contribution < 1.29 is 13.5 Å². The van der Waals surface area contributed by atoms with Crippen molar-refractivity contribution in [2.75, 3.05) is 6.61 Å². The molecule has 21 heavy (non-hydrogen) atoms. The van der Waals surface area contributed by atoms with Gasteiger partial charge in [0, 0.05) is 12.6 Å². The molecule has 1 aliphatic rings. The van der Waals surface area contributed by atoms with Crippen molar-refractivity contribution >= 4 is 10.0 Å². The molecule has 118 valence electrons. The molecule has 0 spiro atoms. The van der Waals surface area contributed by atoms with E-state index in [-0.39, 0.29) is 24.0 Å². The fourth-order valence-electron chi connectivity index (χ4n) is 2.81. The summed E-state index contributed by atoms with van der Waals surface area (Å²) >= 11 is 0. The third-order valence-electron chi connectivity index (χ3n) is 4.23. The van der Waals surface area contributed by atoms with E-state index in [1.165, 1.54) is 0 Å². The Morgan fingerprint density at radius 1 is 1.19 bits per heavy atom. The van der Waals surface area contributed by atoms with E-state index in [9.17, 15) is 13.5 Å². The molecule has 0 amide bonds. The first kappa shape index (κ1) is 16.5. The summed E-state index contributed by atoms with van der Waals surface area (Å²) in [5.74, 6) is 0.0358. The van der Waals surface area contributed by atoms with Crippen molar-refractivity contribution in [1.29, 1.82) is 0 Å². The van der Waals surface area contributed by atoms with Crippen molar-refractivity contribution in [2.45, 2.75) is 56.4 Å². The lowest BCUT2D eigenvalue weighted by atomic mass is 9.87. The molecule has 0 radical (unpaired) electrons. The van der Waals surface area contributed by atoms with Gasteiger partial charge in [-0.2, -0.15) is 0 Å². The molecule has 0 saturated heterocycles. The van der Waals surface area contributed by atoms with Crippen LogP contribution >= 0.6 is 0 Å². The molecule has 0 bridgehead atoms. The maximum atomic E-state index is 12.4. The molecular weight excluding hydrogens is 286 g/mol. The van der Waals surface area contributed by atoms with Crippen LogP contribution in [0.4, 0.5) is 0 Å². The van der Waals surface area contributed by atoms with Gasteiger partial charge in [-0.15, -0.1) is 0 Å². The first-order chi connectivity index (χ1) is 9.74. The molecule has 2 atom stereocenters. The third-order valence-corrected chi connectivity index (χ3v) is 5.74. The van der Waals surface area contributed by atoms with E-state index in [2.05, 4.69) is 25.5 Å². The Balaban J connectivity index is 2.16. The van der Waals surface area contributed by atoms with Gasteiger partial charge in [-0.05, 0) is 41.9 Å². The molecule has 0 aromatic heterocycles. The van der Waals surface area contributed by atoms with E-state index in [0.717, 1.165) is 24.8 Å². The second-order valence-electron chi connectivity index (χ2n) is 6.88. The van der Waals surface area contributed by atoms with Gasteiger partial charge in [0.05, 0.1) is 4.90 Å². The van der Waals surface area contributed by atoms with Gasteiger partial charge in [0.1, 0.15) is 0 Å². The third kappa shape index (κ3) is 3.84. The van der Waals surface area contributed by atoms with Crippen LogP contribution in [0.3, 0.4) is 0 Å². The summed E-state index contributed by atoms with van der Waals surface area (Å²) in [6, 6.07) is 6.90. The first-order valence-corrected chi connectivity index (χ1v) is 8.96. The highest BCUT2D eigenvalue weighted by molar-refractivity contribution is 7.89. The quantitative estimate of drug-likeness (QED) is 0.897. The minimum absolute atomic E-state index is 0.00313. The molecule has 1 aliphatic carbocycles. The highest BCUT2D eigenvalue weighted by Crippen LogP contribution is 2.27. The lowest BCUT2D eigenvalue weighted by molar-refractivity contribution is 0.213. The predicted octanol–water partition coefficient (Wildman–Crippen LogP) is 2.42. The number of benzene rings is 1. The van der Waals surface area contributed by atoms with E-state index in [1.807, 2.05) is 12.1 Å². The molecule has 2 unspecified atom stereocenters. The number of hydrogen-bond donors (Lipinski definition) is 2. The molecule has 0 heterocycles. The molecule has 2 N–H and O–H groups in total. The molecule has 4 nitrogen and oxygen atoms in total. The van der Waals surface area contributed by atoms with Crippen LogP contribution in [-0.4, -0.2) is 26.2 Å². The smallest absolute Gasteiger partial charge is 0.240 e. The minimum atomic E-state index is -3.51. The Morgan fingerprint density at radius 3 is 2.33 bits per heavy atom. The van der Waals surface area contributed by atoms with Gasteiger partial charge >= 0.3 is 0 Å². The Labute approximate surface area is 127 Å². The van der Waals surface area contributed by atoms with Crippen LogP contribution in [0, 0.1) is 5.92 Å². The Bertz CT molecular complexity index is 573. The van der Waals surface area contributed by atoms with Gasteiger partial charge in [0.15, 0.2) is 0 Å². The summed E-state index contributed by atoms with van der Waals surface area (Å²) in [6.07, 6.45) is 2.64. The highest BCUT2D eigenvalue weighted by atomic mass is 32.2. The van der Waals surface area contributed by atoms with Crippen molar-refractivity contribution in [2.24, 2.45) is 5.92 Å². The van der Waals surface area contributed by atoms with E-state index in [4.69, 9.17) is 0 Å². The number of aliphatic hydroxyl groups excluding tert-OH is 1. The number of sulfonamides is 1. The van der Waals surface area contributed by atoms with Gasteiger partial charge < -0.3 is 5.11 Å². The van der Waals surface area contributed by atoms with Gasteiger partial charge in [-0.25, -0.2) is 13.1 Å². The topological polar surface area (TPSA) is 66.4 Å². The first-order valence-electron chi connectivity index (χ1n) is 7.48. The predicted molar refractivity (Wildman–Crippen MR) is 83.7 cm³/mol. The zero-order valence-electron chi connectivity index (χ0n) is 13.0. The van der Waals surface area contributed by atoms with Gasteiger partial charge in [-0.1, -0.05) is 39.3 Å². The van der Waals surface area contributed by atoms with Crippen LogP contribution in [-0.2, 0) is 15.4 Å². The zero-order chi connectivity index (χ0) is 15.7. The van der Waals surface area contributed by atoms with Crippen molar-refractivity contribution in [3.8, 4) is 0 Å². The summed E-state index contributed by atoms with van der Waals surface area (Å²) in [4.78, 5) is 0.291. The Morgan fingerprint density at radius 2 is 1.81 bits per heavy atom. The average Bonchev–Trinajstić information content (AvgIpc) is 2.84. The summed E-state index contributed by atoms with van der Waals surface area (Å²) < 4.78 is 27.6. The molecule has 1 aromatic carbocycles. The Hall–Kier alpha value is -0.910. The van der Waals surface area contributed by atoms with Crippen molar-refractivity contribution in [3.63, 3.8) is 0 Å². The Kier molecular flexibility index (Phi) is 4.76. The van der Waals surface area contributed by atoms with Crippen molar-refractivity contribution in [3.05, 3.63) is 29.8 Å². The zero-order valence-corrected chi connectivity index (χ0v) is 13.8. The van der Waals surface area contributed by atoms with Gasteiger partial charge in [-0.3, -0.25) is 0 Å². The molecule has 5 heteroatoms. The average molecular weight is 311 g/mol. The standard InChI is InChI=1S/C16H25NO3S/c1-16(2,3)13-7-9-14(10-8-13)21(19,20)17-15-6-4-5-12(15)11-18/h7-10,12,15,17-18H,4-6,11H2,1-3H3. The monoisotopic (exact) mass is 311 g/mol. The summed E-state index contributed by atoms with van der Waals surface area (Å²) in [5, 5.41) is 9.29.